The molecule has 2 N–H and O–H groups in total. The molecule has 0 aliphatic heterocycles. The van der Waals surface area contributed by atoms with Crippen LogP contribution in [0.5, 0.6) is 0 Å². The van der Waals surface area contributed by atoms with E-state index in [2.05, 4.69) is 25.9 Å². The van der Waals surface area contributed by atoms with Gasteiger partial charge in [-0.05, 0) is 40.2 Å². The first-order chi connectivity index (χ1) is 9.56. The SMILES string of the molecule is O=C(O)c1cccc2[nH]c(-c3ccc(Br)c(Cl)c3)nc12. The summed E-state index contributed by atoms with van der Waals surface area (Å²) in [7, 11) is 0. The smallest absolute Gasteiger partial charge is 0.337 e. The average molecular weight is 352 g/mol. The predicted molar refractivity (Wildman–Crippen MR) is 81.2 cm³/mol. The number of nitrogens with zero attached hydrogens (tertiary/aromatic N) is 1. The van der Waals surface area contributed by atoms with Crippen LogP contribution in [0.4, 0.5) is 0 Å². The number of rotatable bonds is 2. The maximum atomic E-state index is 11.2. The number of carbonyl (C=O) groups is 1. The fourth-order valence-corrected chi connectivity index (χ4v) is 2.41. The molecule has 0 aliphatic rings. The van der Waals surface area contributed by atoms with Crippen LogP contribution in [0.3, 0.4) is 0 Å². The van der Waals surface area contributed by atoms with Crippen LogP contribution >= 0.6 is 27.5 Å². The fraction of sp³-hybridized carbons (Fsp3) is 0. The molecule has 1 aromatic heterocycles. The van der Waals surface area contributed by atoms with E-state index >= 15 is 0 Å². The second-order valence-electron chi connectivity index (χ2n) is 4.22. The highest BCUT2D eigenvalue weighted by Crippen LogP contribution is 2.29. The zero-order valence-corrected chi connectivity index (χ0v) is 12.4. The number of hydrogen-bond acceptors (Lipinski definition) is 2. The van der Waals surface area contributed by atoms with Gasteiger partial charge in [-0.3, -0.25) is 0 Å². The number of aromatic carboxylic acids is 1. The molecule has 0 unspecified atom stereocenters. The number of aromatic amines is 1. The first kappa shape index (κ1) is 13.1. The molecular weight excluding hydrogens is 344 g/mol. The van der Waals surface area contributed by atoms with Crippen LogP contribution < -0.4 is 0 Å². The van der Waals surface area contributed by atoms with Crippen LogP contribution in [0.1, 0.15) is 10.4 Å². The molecule has 0 saturated carbocycles. The Morgan fingerprint density at radius 2 is 2.10 bits per heavy atom. The summed E-state index contributed by atoms with van der Waals surface area (Å²) < 4.78 is 0.797. The summed E-state index contributed by atoms with van der Waals surface area (Å²) in [5.74, 6) is -0.411. The van der Waals surface area contributed by atoms with E-state index in [1.165, 1.54) is 6.07 Å². The minimum atomic E-state index is -0.998. The predicted octanol–water partition coefficient (Wildman–Crippen LogP) is 4.34. The van der Waals surface area contributed by atoms with E-state index in [0.717, 1.165) is 10.0 Å². The molecule has 0 saturated heterocycles. The number of aromatic nitrogens is 2. The third kappa shape index (κ3) is 2.19. The monoisotopic (exact) mass is 350 g/mol. The third-order valence-electron chi connectivity index (χ3n) is 2.94. The first-order valence-corrected chi connectivity index (χ1v) is 6.91. The van der Waals surface area contributed by atoms with Crippen molar-refractivity contribution in [1.29, 1.82) is 0 Å². The van der Waals surface area contributed by atoms with Crippen molar-refractivity contribution in [1.82, 2.24) is 9.97 Å². The molecule has 20 heavy (non-hydrogen) atoms. The molecule has 3 aromatic rings. The molecule has 0 aliphatic carbocycles. The minimum Gasteiger partial charge on any atom is -0.478 e. The highest BCUT2D eigenvalue weighted by Gasteiger charge is 2.13. The van der Waals surface area contributed by atoms with Crippen molar-refractivity contribution < 1.29 is 9.90 Å². The van der Waals surface area contributed by atoms with Crippen LogP contribution in [0.25, 0.3) is 22.4 Å². The van der Waals surface area contributed by atoms with Gasteiger partial charge in [-0.25, -0.2) is 9.78 Å². The second kappa shape index (κ2) is 4.92. The number of carboxylic acid groups (broad SMARTS) is 1. The molecule has 4 nitrogen and oxygen atoms in total. The summed E-state index contributed by atoms with van der Waals surface area (Å²) in [5.41, 5.74) is 2.09. The Bertz CT molecular complexity index is 829. The van der Waals surface area contributed by atoms with Crippen LogP contribution in [-0.4, -0.2) is 21.0 Å². The zero-order valence-electron chi connectivity index (χ0n) is 10.0. The van der Waals surface area contributed by atoms with Crippen LogP contribution in [-0.2, 0) is 0 Å². The fourth-order valence-electron chi connectivity index (χ4n) is 1.98. The van der Waals surface area contributed by atoms with Crippen molar-refractivity contribution in [3.8, 4) is 11.4 Å². The largest absolute Gasteiger partial charge is 0.478 e. The molecule has 2 aromatic carbocycles. The molecule has 0 radical (unpaired) electrons. The lowest BCUT2D eigenvalue weighted by Crippen LogP contribution is -1.96. The number of carboxylic acids is 1. The van der Waals surface area contributed by atoms with Gasteiger partial charge in [-0.15, -0.1) is 0 Å². The van der Waals surface area contributed by atoms with E-state index in [1.807, 2.05) is 12.1 Å². The van der Waals surface area contributed by atoms with E-state index in [-0.39, 0.29) is 5.56 Å². The normalized spacial score (nSPS) is 10.9. The molecular formula is C14H8BrClN2O2. The van der Waals surface area contributed by atoms with Gasteiger partial charge in [0.05, 0.1) is 16.1 Å². The Morgan fingerprint density at radius 3 is 2.80 bits per heavy atom. The maximum absolute atomic E-state index is 11.2. The van der Waals surface area contributed by atoms with Gasteiger partial charge in [-0.1, -0.05) is 23.7 Å². The van der Waals surface area contributed by atoms with Gasteiger partial charge in [-0.2, -0.15) is 0 Å². The van der Waals surface area contributed by atoms with Gasteiger partial charge in [0.25, 0.3) is 0 Å². The molecule has 0 amide bonds. The standard InChI is InChI=1S/C14H8BrClN2O2/c15-9-5-4-7(6-10(9)16)13-17-11-3-1-2-8(14(19)20)12(11)18-13/h1-6H,(H,17,18)(H,19,20). The van der Waals surface area contributed by atoms with E-state index in [1.54, 1.807) is 18.2 Å². The zero-order chi connectivity index (χ0) is 14.3. The summed E-state index contributed by atoms with van der Waals surface area (Å²) in [6.45, 7) is 0. The van der Waals surface area contributed by atoms with Gasteiger partial charge in [0, 0.05) is 10.0 Å². The van der Waals surface area contributed by atoms with Crippen molar-refractivity contribution in [3.05, 3.63) is 51.5 Å². The summed E-state index contributed by atoms with van der Waals surface area (Å²) in [6, 6.07) is 10.5. The number of benzene rings is 2. The maximum Gasteiger partial charge on any atom is 0.337 e. The van der Waals surface area contributed by atoms with Gasteiger partial charge in [0.15, 0.2) is 0 Å². The van der Waals surface area contributed by atoms with Crippen molar-refractivity contribution in [2.75, 3.05) is 0 Å². The number of H-pyrrole nitrogens is 1. The molecule has 3 rings (SSSR count). The van der Waals surface area contributed by atoms with Crippen molar-refractivity contribution >= 4 is 44.5 Å². The van der Waals surface area contributed by atoms with Gasteiger partial charge < -0.3 is 10.1 Å². The molecule has 6 heteroatoms. The van der Waals surface area contributed by atoms with Crippen LogP contribution in [0, 0.1) is 0 Å². The Morgan fingerprint density at radius 1 is 1.30 bits per heavy atom. The number of imidazole rings is 1. The lowest BCUT2D eigenvalue weighted by atomic mass is 10.2. The molecule has 1 heterocycles. The van der Waals surface area contributed by atoms with Crippen LogP contribution in [0.15, 0.2) is 40.9 Å². The Kier molecular flexibility index (Phi) is 3.23. The van der Waals surface area contributed by atoms with E-state index < -0.39 is 5.97 Å². The highest BCUT2D eigenvalue weighted by molar-refractivity contribution is 9.10. The summed E-state index contributed by atoms with van der Waals surface area (Å²) in [5, 5.41) is 9.73. The highest BCUT2D eigenvalue weighted by atomic mass is 79.9. The van der Waals surface area contributed by atoms with E-state index in [4.69, 9.17) is 16.7 Å². The molecule has 0 fully saturated rings. The topological polar surface area (TPSA) is 66.0 Å². The average Bonchev–Trinajstić information content (AvgIpc) is 2.85. The Hall–Kier alpha value is -1.85. The lowest BCUT2D eigenvalue weighted by molar-refractivity contribution is 0.0699. The van der Waals surface area contributed by atoms with Crippen molar-refractivity contribution in [3.63, 3.8) is 0 Å². The van der Waals surface area contributed by atoms with Gasteiger partial charge in [0.2, 0.25) is 0 Å². The third-order valence-corrected chi connectivity index (χ3v) is 4.17. The van der Waals surface area contributed by atoms with Gasteiger partial charge in [0.1, 0.15) is 11.3 Å². The van der Waals surface area contributed by atoms with Crippen molar-refractivity contribution in [2.24, 2.45) is 0 Å². The number of fused-ring (bicyclic) bond motifs is 1. The number of nitrogens with one attached hydrogen (secondary N) is 1. The molecule has 100 valence electrons. The molecule has 0 atom stereocenters. The van der Waals surface area contributed by atoms with Gasteiger partial charge >= 0.3 is 5.97 Å². The molecule has 0 bridgehead atoms. The minimum absolute atomic E-state index is 0.174. The summed E-state index contributed by atoms with van der Waals surface area (Å²) >= 11 is 9.39. The Balaban J connectivity index is 2.20. The summed E-state index contributed by atoms with van der Waals surface area (Å²) in [4.78, 5) is 18.6. The number of halogens is 2. The molecule has 0 spiro atoms. The number of para-hydroxylation sites is 1. The lowest BCUT2D eigenvalue weighted by Gasteiger charge is -1.99. The Labute approximate surface area is 127 Å². The second-order valence-corrected chi connectivity index (χ2v) is 5.48. The first-order valence-electron chi connectivity index (χ1n) is 5.73. The number of hydrogen-bond donors (Lipinski definition) is 2. The quantitative estimate of drug-likeness (QED) is 0.721. The van der Waals surface area contributed by atoms with Crippen molar-refractivity contribution in [2.45, 2.75) is 0 Å². The summed E-state index contributed by atoms with van der Waals surface area (Å²) in [6.07, 6.45) is 0. The van der Waals surface area contributed by atoms with Crippen LogP contribution in [0.2, 0.25) is 5.02 Å². The van der Waals surface area contributed by atoms with E-state index in [9.17, 15) is 4.79 Å². The van der Waals surface area contributed by atoms with E-state index in [0.29, 0.717) is 21.9 Å².